The molecule has 0 aromatic carbocycles. The Morgan fingerprint density at radius 1 is 1.18 bits per heavy atom. The molecule has 0 aliphatic heterocycles. The first-order valence-electron chi connectivity index (χ1n) is 4.12. The van der Waals surface area contributed by atoms with Gasteiger partial charge in [-0.1, -0.05) is 18.7 Å². The van der Waals surface area contributed by atoms with Gasteiger partial charge in [-0.05, 0) is 31.6 Å². The van der Waals surface area contributed by atoms with Gasteiger partial charge in [0.25, 0.3) is 5.76 Å². The summed E-state index contributed by atoms with van der Waals surface area (Å²) < 4.78 is 23.8. The van der Waals surface area contributed by atoms with Crippen molar-refractivity contribution in [2.24, 2.45) is 5.92 Å². The van der Waals surface area contributed by atoms with Gasteiger partial charge in [0.15, 0.2) is 0 Å². The molecule has 0 N–H and O–H groups in total. The zero-order valence-electron chi connectivity index (χ0n) is 6.72. The maximum atomic E-state index is 11.9. The van der Waals surface area contributed by atoms with E-state index in [2.05, 4.69) is 6.92 Å². The number of hydrogen-bond donors (Lipinski definition) is 0. The minimum absolute atomic E-state index is 0.228. The smallest absolute Gasteiger partial charge is 0.198 e. The third-order valence-electron chi connectivity index (χ3n) is 2.26. The van der Waals surface area contributed by atoms with Crippen LogP contribution in [-0.4, -0.2) is 11.0 Å². The molecule has 1 fully saturated rings. The lowest BCUT2D eigenvalue weighted by atomic mass is 9.91. The highest BCUT2D eigenvalue weighted by molar-refractivity contribution is 8.00. The van der Waals surface area contributed by atoms with Gasteiger partial charge in [-0.2, -0.15) is 8.78 Å². The summed E-state index contributed by atoms with van der Waals surface area (Å²) in [5, 5.41) is 0.228. The second-order valence-electron chi connectivity index (χ2n) is 3.28. The predicted octanol–water partition coefficient (Wildman–Crippen LogP) is 3.52. The van der Waals surface area contributed by atoms with Gasteiger partial charge >= 0.3 is 0 Å². The summed E-state index contributed by atoms with van der Waals surface area (Å²) >= 11 is 0.844. The minimum atomic E-state index is -2.17. The van der Waals surface area contributed by atoms with E-state index in [4.69, 9.17) is 0 Å². The summed E-state index contributed by atoms with van der Waals surface area (Å²) in [6.45, 7) is 2.20. The molecule has 0 aromatic rings. The van der Waals surface area contributed by atoms with Crippen molar-refractivity contribution in [2.45, 2.75) is 43.6 Å². The van der Waals surface area contributed by atoms with Crippen LogP contribution in [0.3, 0.4) is 0 Å². The number of alkyl halides is 2. The molecule has 0 saturated heterocycles. The van der Waals surface area contributed by atoms with Crippen molar-refractivity contribution in [3.63, 3.8) is 0 Å². The summed E-state index contributed by atoms with van der Waals surface area (Å²) in [4.78, 5) is 0. The van der Waals surface area contributed by atoms with Crippen LogP contribution in [-0.2, 0) is 0 Å². The molecule has 0 spiro atoms. The third kappa shape index (κ3) is 3.41. The van der Waals surface area contributed by atoms with E-state index in [1.54, 1.807) is 0 Å². The fraction of sp³-hybridized carbons (Fsp3) is 1.00. The van der Waals surface area contributed by atoms with E-state index in [1.807, 2.05) is 0 Å². The van der Waals surface area contributed by atoms with Crippen LogP contribution in [0, 0.1) is 5.92 Å². The third-order valence-corrected chi connectivity index (χ3v) is 3.32. The molecule has 0 amide bonds. The lowest BCUT2D eigenvalue weighted by Crippen LogP contribution is -2.15. The zero-order valence-corrected chi connectivity index (χ0v) is 7.54. The van der Waals surface area contributed by atoms with Crippen molar-refractivity contribution < 1.29 is 8.78 Å². The Labute approximate surface area is 70.7 Å². The quantitative estimate of drug-likeness (QED) is 0.626. The number of rotatable bonds is 2. The van der Waals surface area contributed by atoms with Crippen LogP contribution in [0.2, 0.25) is 0 Å². The van der Waals surface area contributed by atoms with Gasteiger partial charge in [-0.15, -0.1) is 0 Å². The van der Waals surface area contributed by atoms with Gasteiger partial charge in [0, 0.05) is 5.25 Å². The van der Waals surface area contributed by atoms with E-state index >= 15 is 0 Å². The van der Waals surface area contributed by atoms with Crippen molar-refractivity contribution in [3.8, 4) is 0 Å². The second-order valence-corrected chi connectivity index (χ2v) is 4.57. The Morgan fingerprint density at radius 2 is 1.73 bits per heavy atom. The molecule has 0 heterocycles. The Bertz CT molecular complexity index is 109. The van der Waals surface area contributed by atoms with Crippen LogP contribution >= 0.6 is 11.8 Å². The van der Waals surface area contributed by atoms with Gasteiger partial charge in [0.05, 0.1) is 0 Å². The first kappa shape index (κ1) is 9.30. The van der Waals surface area contributed by atoms with Crippen molar-refractivity contribution in [1.29, 1.82) is 0 Å². The molecule has 11 heavy (non-hydrogen) atoms. The molecule has 3 heteroatoms. The largest absolute Gasteiger partial charge is 0.284 e. The molecule has 0 nitrogen and oxygen atoms in total. The molecule has 1 saturated carbocycles. The maximum absolute atomic E-state index is 11.9. The van der Waals surface area contributed by atoms with Crippen LogP contribution < -0.4 is 0 Å². The average molecular weight is 180 g/mol. The molecule has 0 unspecified atom stereocenters. The molecular formula is C8H14F2S. The maximum Gasteiger partial charge on any atom is 0.284 e. The fourth-order valence-corrected chi connectivity index (χ4v) is 2.35. The molecule has 0 aromatic heterocycles. The van der Waals surface area contributed by atoms with Crippen LogP contribution in [0.4, 0.5) is 8.78 Å². The number of thioether (sulfide) groups is 1. The fourth-order valence-electron chi connectivity index (χ4n) is 1.51. The molecule has 0 bridgehead atoms. The summed E-state index contributed by atoms with van der Waals surface area (Å²) in [5.74, 6) is -1.42. The van der Waals surface area contributed by atoms with Crippen LogP contribution in [0.1, 0.15) is 32.6 Å². The highest BCUT2D eigenvalue weighted by atomic mass is 32.2. The van der Waals surface area contributed by atoms with E-state index in [0.29, 0.717) is 0 Å². The van der Waals surface area contributed by atoms with E-state index in [0.717, 1.165) is 43.4 Å². The molecule has 1 aliphatic carbocycles. The normalized spacial score (nSPS) is 32.7. The molecule has 66 valence electrons. The topological polar surface area (TPSA) is 0 Å². The number of halogens is 2. The predicted molar refractivity (Wildman–Crippen MR) is 45.0 cm³/mol. The molecule has 1 aliphatic rings. The SMILES string of the molecule is CC1CCC(SC(F)F)CC1. The van der Waals surface area contributed by atoms with Gasteiger partial charge in [0.2, 0.25) is 0 Å². The first-order chi connectivity index (χ1) is 5.18. The van der Waals surface area contributed by atoms with Crippen molar-refractivity contribution >= 4 is 11.8 Å². The van der Waals surface area contributed by atoms with Crippen molar-refractivity contribution in [1.82, 2.24) is 0 Å². The van der Waals surface area contributed by atoms with E-state index < -0.39 is 5.76 Å². The van der Waals surface area contributed by atoms with Gasteiger partial charge < -0.3 is 0 Å². The average Bonchev–Trinajstić information content (AvgIpc) is 1.93. The Kier molecular flexibility index (Phi) is 3.63. The first-order valence-corrected chi connectivity index (χ1v) is 5.06. The zero-order chi connectivity index (χ0) is 8.27. The lowest BCUT2D eigenvalue weighted by Gasteiger charge is -2.25. The standard InChI is InChI=1S/C8H14F2S/c1-6-2-4-7(5-3-6)11-8(9)10/h6-8H,2-5H2,1H3. The lowest BCUT2D eigenvalue weighted by molar-refractivity contribution is 0.249. The molecule has 1 rings (SSSR count). The molecule has 0 radical (unpaired) electrons. The van der Waals surface area contributed by atoms with E-state index in [1.165, 1.54) is 0 Å². The highest BCUT2D eigenvalue weighted by Crippen LogP contribution is 2.34. The molecular weight excluding hydrogens is 166 g/mol. The molecule has 0 atom stereocenters. The second kappa shape index (κ2) is 4.29. The minimum Gasteiger partial charge on any atom is -0.198 e. The summed E-state index contributed by atoms with van der Waals surface area (Å²) in [5.41, 5.74) is 0. The summed E-state index contributed by atoms with van der Waals surface area (Å²) in [6.07, 6.45) is 4.22. The van der Waals surface area contributed by atoms with Crippen LogP contribution in [0.25, 0.3) is 0 Å². The Hall–Kier alpha value is 0.210. The highest BCUT2D eigenvalue weighted by Gasteiger charge is 2.21. The van der Waals surface area contributed by atoms with Crippen LogP contribution in [0.15, 0.2) is 0 Å². The van der Waals surface area contributed by atoms with Crippen molar-refractivity contribution in [3.05, 3.63) is 0 Å². The summed E-state index contributed by atoms with van der Waals surface area (Å²) in [6, 6.07) is 0. The summed E-state index contributed by atoms with van der Waals surface area (Å²) in [7, 11) is 0. The Morgan fingerprint density at radius 3 is 2.18 bits per heavy atom. The van der Waals surface area contributed by atoms with Gasteiger partial charge in [-0.3, -0.25) is 0 Å². The van der Waals surface area contributed by atoms with Gasteiger partial charge in [-0.25, -0.2) is 0 Å². The van der Waals surface area contributed by atoms with Crippen molar-refractivity contribution in [2.75, 3.05) is 0 Å². The van der Waals surface area contributed by atoms with Gasteiger partial charge in [0.1, 0.15) is 0 Å². The monoisotopic (exact) mass is 180 g/mol. The van der Waals surface area contributed by atoms with E-state index in [9.17, 15) is 8.78 Å². The Balaban J connectivity index is 2.17. The van der Waals surface area contributed by atoms with Crippen LogP contribution in [0.5, 0.6) is 0 Å². The van der Waals surface area contributed by atoms with E-state index in [-0.39, 0.29) is 5.25 Å². The number of hydrogen-bond acceptors (Lipinski definition) is 1.